The van der Waals surface area contributed by atoms with E-state index in [-0.39, 0.29) is 17.9 Å². The van der Waals surface area contributed by atoms with E-state index in [9.17, 15) is 14.7 Å². The minimum atomic E-state index is -0.786. The molecule has 0 saturated heterocycles. The Bertz CT molecular complexity index is 342. The van der Waals surface area contributed by atoms with Crippen molar-refractivity contribution in [2.45, 2.75) is 52.0 Å². The zero-order chi connectivity index (χ0) is 12.6. The van der Waals surface area contributed by atoms with E-state index >= 15 is 0 Å². The van der Waals surface area contributed by atoms with E-state index in [0.29, 0.717) is 12.3 Å². The van der Waals surface area contributed by atoms with E-state index < -0.39 is 11.4 Å². The van der Waals surface area contributed by atoms with Gasteiger partial charge in [-0.25, -0.2) is 0 Å². The second-order valence-corrected chi connectivity index (χ2v) is 5.85. The maximum atomic E-state index is 11.9. The molecule has 96 valence electrons. The number of amides is 1. The Balaban J connectivity index is 2.02. The van der Waals surface area contributed by atoms with Gasteiger partial charge in [-0.05, 0) is 32.1 Å². The zero-order valence-corrected chi connectivity index (χ0v) is 10.5. The number of rotatable bonds is 3. The SMILES string of the molecule is CC1CC1C(=O)NC1CCCCC1(C)C(=O)O. The molecule has 0 aromatic heterocycles. The van der Waals surface area contributed by atoms with Gasteiger partial charge in [0, 0.05) is 12.0 Å². The molecule has 0 spiro atoms. The van der Waals surface area contributed by atoms with Crippen molar-refractivity contribution in [1.29, 1.82) is 0 Å². The molecular weight excluding hydrogens is 218 g/mol. The standard InChI is InChI=1S/C13H21NO3/c1-8-7-9(8)11(15)14-10-5-3-4-6-13(10,2)12(16)17/h8-10H,3-7H2,1-2H3,(H,14,15)(H,16,17). The first kappa shape index (κ1) is 12.4. The smallest absolute Gasteiger partial charge is 0.311 e. The highest BCUT2D eigenvalue weighted by Crippen LogP contribution is 2.40. The fraction of sp³-hybridized carbons (Fsp3) is 0.846. The Morgan fingerprint density at radius 3 is 2.53 bits per heavy atom. The summed E-state index contributed by atoms with van der Waals surface area (Å²) in [4.78, 5) is 23.3. The Morgan fingerprint density at radius 2 is 2.00 bits per heavy atom. The van der Waals surface area contributed by atoms with E-state index in [0.717, 1.165) is 25.7 Å². The van der Waals surface area contributed by atoms with Crippen LogP contribution in [0.15, 0.2) is 0 Å². The highest BCUT2D eigenvalue weighted by molar-refractivity contribution is 5.83. The van der Waals surface area contributed by atoms with Crippen molar-refractivity contribution in [1.82, 2.24) is 5.32 Å². The predicted molar refractivity (Wildman–Crippen MR) is 63.4 cm³/mol. The number of hydrogen-bond acceptors (Lipinski definition) is 2. The molecule has 4 heteroatoms. The van der Waals surface area contributed by atoms with Gasteiger partial charge in [0.2, 0.25) is 5.91 Å². The Labute approximate surface area is 102 Å². The summed E-state index contributed by atoms with van der Waals surface area (Å²) in [5.74, 6) is -0.145. The monoisotopic (exact) mass is 239 g/mol. The molecule has 0 bridgehead atoms. The van der Waals surface area contributed by atoms with Crippen LogP contribution in [0.3, 0.4) is 0 Å². The van der Waals surface area contributed by atoms with Crippen LogP contribution in [0.25, 0.3) is 0 Å². The maximum absolute atomic E-state index is 11.9. The minimum absolute atomic E-state index is 0.0527. The average molecular weight is 239 g/mol. The Kier molecular flexibility index (Phi) is 3.15. The van der Waals surface area contributed by atoms with Crippen molar-refractivity contribution in [3.63, 3.8) is 0 Å². The molecule has 2 aliphatic rings. The van der Waals surface area contributed by atoms with Crippen molar-refractivity contribution >= 4 is 11.9 Å². The fourth-order valence-corrected chi connectivity index (χ4v) is 2.79. The molecule has 0 aromatic rings. The van der Waals surface area contributed by atoms with Crippen LogP contribution in [0.4, 0.5) is 0 Å². The van der Waals surface area contributed by atoms with E-state index in [1.165, 1.54) is 0 Å². The summed E-state index contributed by atoms with van der Waals surface area (Å²) in [6.45, 7) is 3.82. The van der Waals surface area contributed by atoms with E-state index in [2.05, 4.69) is 12.2 Å². The maximum Gasteiger partial charge on any atom is 0.311 e. The number of aliphatic carboxylic acids is 1. The number of carbonyl (C=O) groups is 2. The van der Waals surface area contributed by atoms with E-state index in [4.69, 9.17) is 0 Å². The van der Waals surface area contributed by atoms with Crippen molar-refractivity contribution in [2.24, 2.45) is 17.3 Å². The summed E-state index contributed by atoms with van der Waals surface area (Å²) in [5.41, 5.74) is -0.786. The van der Waals surface area contributed by atoms with E-state index in [1.807, 2.05) is 0 Å². The van der Waals surface area contributed by atoms with Crippen LogP contribution in [-0.2, 0) is 9.59 Å². The third-order valence-corrected chi connectivity index (χ3v) is 4.46. The van der Waals surface area contributed by atoms with Gasteiger partial charge < -0.3 is 10.4 Å². The highest BCUT2D eigenvalue weighted by Gasteiger charge is 2.46. The van der Waals surface area contributed by atoms with Gasteiger partial charge in [-0.15, -0.1) is 0 Å². The molecule has 0 heterocycles. The first-order chi connectivity index (χ1) is 7.95. The van der Waals surface area contributed by atoms with Crippen LogP contribution < -0.4 is 5.32 Å². The largest absolute Gasteiger partial charge is 0.481 e. The van der Waals surface area contributed by atoms with Gasteiger partial charge in [0.15, 0.2) is 0 Å². The molecule has 4 atom stereocenters. The van der Waals surface area contributed by atoms with Gasteiger partial charge in [0.1, 0.15) is 0 Å². The second kappa shape index (κ2) is 4.31. The van der Waals surface area contributed by atoms with Crippen molar-refractivity contribution in [3.05, 3.63) is 0 Å². The molecule has 2 N–H and O–H groups in total. The summed E-state index contributed by atoms with van der Waals surface area (Å²) < 4.78 is 0. The summed E-state index contributed by atoms with van der Waals surface area (Å²) in [6.07, 6.45) is 4.34. The van der Waals surface area contributed by atoms with Crippen LogP contribution in [-0.4, -0.2) is 23.0 Å². The van der Waals surface area contributed by atoms with Gasteiger partial charge in [-0.3, -0.25) is 9.59 Å². The molecule has 2 saturated carbocycles. The van der Waals surface area contributed by atoms with Gasteiger partial charge in [-0.1, -0.05) is 19.8 Å². The lowest BCUT2D eigenvalue weighted by Gasteiger charge is -2.38. The van der Waals surface area contributed by atoms with E-state index in [1.54, 1.807) is 6.92 Å². The molecule has 4 unspecified atom stereocenters. The molecule has 0 aromatic carbocycles. The molecule has 2 fully saturated rings. The predicted octanol–water partition coefficient (Wildman–Crippen LogP) is 1.79. The Hall–Kier alpha value is -1.06. The third kappa shape index (κ3) is 2.31. The average Bonchev–Trinajstić information content (AvgIpc) is 2.99. The van der Waals surface area contributed by atoms with Crippen molar-refractivity contribution in [3.8, 4) is 0 Å². The Morgan fingerprint density at radius 1 is 1.35 bits per heavy atom. The molecule has 0 radical (unpaired) electrons. The number of nitrogens with one attached hydrogen (secondary N) is 1. The third-order valence-electron chi connectivity index (χ3n) is 4.46. The molecular formula is C13H21NO3. The van der Waals surface area contributed by atoms with Gasteiger partial charge in [-0.2, -0.15) is 0 Å². The number of carboxylic acids is 1. The zero-order valence-electron chi connectivity index (χ0n) is 10.5. The molecule has 1 amide bonds. The molecule has 4 nitrogen and oxygen atoms in total. The normalized spacial score (nSPS) is 40.7. The number of carboxylic acid groups (broad SMARTS) is 1. The first-order valence-electron chi connectivity index (χ1n) is 6.49. The number of carbonyl (C=O) groups excluding carboxylic acids is 1. The molecule has 0 aliphatic heterocycles. The lowest BCUT2D eigenvalue weighted by Crippen LogP contribution is -2.52. The topological polar surface area (TPSA) is 66.4 Å². The van der Waals surface area contributed by atoms with Crippen molar-refractivity contribution < 1.29 is 14.7 Å². The second-order valence-electron chi connectivity index (χ2n) is 5.85. The van der Waals surface area contributed by atoms with Crippen LogP contribution in [0.5, 0.6) is 0 Å². The summed E-state index contributed by atoms with van der Waals surface area (Å²) in [6, 6.07) is -0.200. The van der Waals surface area contributed by atoms with Crippen LogP contribution >= 0.6 is 0 Å². The molecule has 2 aliphatic carbocycles. The lowest BCUT2D eigenvalue weighted by atomic mass is 9.71. The highest BCUT2D eigenvalue weighted by atomic mass is 16.4. The van der Waals surface area contributed by atoms with Crippen molar-refractivity contribution in [2.75, 3.05) is 0 Å². The quantitative estimate of drug-likeness (QED) is 0.789. The van der Waals surface area contributed by atoms with Gasteiger partial charge in [0.25, 0.3) is 0 Å². The lowest BCUT2D eigenvalue weighted by molar-refractivity contribution is -0.152. The van der Waals surface area contributed by atoms with Gasteiger partial charge in [0.05, 0.1) is 5.41 Å². The summed E-state index contributed by atoms with van der Waals surface area (Å²) >= 11 is 0. The summed E-state index contributed by atoms with van der Waals surface area (Å²) in [7, 11) is 0. The van der Waals surface area contributed by atoms with Crippen LogP contribution in [0.2, 0.25) is 0 Å². The minimum Gasteiger partial charge on any atom is -0.481 e. The number of hydrogen-bond donors (Lipinski definition) is 2. The summed E-state index contributed by atoms with van der Waals surface area (Å²) in [5, 5.41) is 12.3. The fourth-order valence-electron chi connectivity index (χ4n) is 2.79. The van der Waals surface area contributed by atoms with Gasteiger partial charge >= 0.3 is 5.97 Å². The molecule has 2 rings (SSSR count). The van der Waals surface area contributed by atoms with Crippen LogP contribution in [0, 0.1) is 17.3 Å². The first-order valence-corrected chi connectivity index (χ1v) is 6.49. The van der Waals surface area contributed by atoms with Crippen LogP contribution in [0.1, 0.15) is 46.0 Å². The molecule has 17 heavy (non-hydrogen) atoms.